The summed E-state index contributed by atoms with van der Waals surface area (Å²) in [7, 11) is -3.94. The van der Waals surface area contributed by atoms with Crippen LogP contribution in [0.3, 0.4) is 0 Å². The lowest BCUT2D eigenvalue weighted by molar-refractivity contribution is -0.142. The summed E-state index contributed by atoms with van der Waals surface area (Å²) in [5.41, 5.74) is 1.67. The maximum Gasteiger partial charge on any atom is 0.297 e. The van der Waals surface area contributed by atoms with Gasteiger partial charge in [0.2, 0.25) is 21.8 Å². The van der Waals surface area contributed by atoms with Crippen molar-refractivity contribution >= 4 is 61.9 Å². The van der Waals surface area contributed by atoms with Gasteiger partial charge < -0.3 is 15.0 Å². The molecule has 3 aliphatic rings. The number of benzene rings is 1. The quantitative estimate of drug-likeness (QED) is 0.230. The summed E-state index contributed by atoms with van der Waals surface area (Å²) in [6, 6.07) is 4.56. The lowest BCUT2D eigenvalue weighted by Gasteiger charge is -2.34. The van der Waals surface area contributed by atoms with Gasteiger partial charge in [-0.3, -0.25) is 23.7 Å². The molecule has 13 nitrogen and oxygen atoms in total. The molecule has 3 aromatic rings. The van der Waals surface area contributed by atoms with Crippen LogP contribution in [0.4, 0.5) is 0 Å². The minimum absolute atomic E-state index is 0.0374. The Morgan fingerprint density at radius 3 is 2.42 bits per heavy atom. The third kappa shape index (κ3) is 9.16. The van der Waals surface area contributed by atoms with Crippen molar-refractivity contribution < 1.29 is 27.5 Å². The van der Waals surface area contributed by atoms with Gasteiger partial charge in [0, 0.05) is 22.9 Å². The highest BCUT2D eigenvalue weighted by Gasteiger charge is 2.61. The summed E-state index contributed by atoms with van der Waals surface area (Å²) in [5.74, 6) is -1.86. The second kappa shape index (κ2) is 17.1. The maximum absolute atomic E-state index is 14.4. The van der Waals surface area contributed by atoms with Crippen molar-refractivity contribution in [2.24, 2.45) is 11.3 Å². The topological polar surface area (TPSA) is 165 Å². The zero-order valence-electron chi connectivity index (χ0n) is 34.6. The first-order valence-electron chi connectivity index (χ1n) is 20.6. The average Bonchev–Trinajstić information content (AvgIpc) is 3.41. The van der Waals surface area contributed by atoms with Crippen LogP contribution >= 0.6 is 23.1 Å². The number of halogens is 1. The van der Waals surface area contributed by atoms with E-state index in [9.17, 15) is 22.8 Å². The van der Waals surface area contributed by atoms with E-state index >= 15 is 0 Å². The Bertz CT molecular complexity index is 2080. The fraction of sp³-hybridized carbons (Fsp3) is 0.683. The highest BCUT2D eigenvalue weighted by Crippen LogP contribution is 2.47. The van der Waals surface area contributed by atoms with Crippen molar-refractivity contribution in [3.63, 3.8) is 0 Å². The van der Waals surface area contributed by atoms with Gasteiger partial charge in [0.15, 0.2) is 0 Å². The zero-order valence-corrected chi connectivity index (χ0v) is 37.0. The number of hydrogen-bond acceptors (Lipinski definition) is 10. The number of ether oxygens (including phenoxy) is 1. The molecular formula is C41H60ClN7O6S2. The molecule has 6 rings (SSSR count). The largest absolute Gasteiger partial charge is 0.459 e. The van der Waals surface area contributed by atoms with Crippen molar-refractivity contribution in [1.82, 2.24) is 34.3 Å². The van der Waals surface area contributed by atoms with E-state index in [0.29, 0.717) is 25.3 Å². The molecule has 2 aromatic heterocycles. The van der Waals surface area contributed by atoms with Gasteiger partial charge >= 0.3 is 0 Å². The molecule has 16 heteroatoms. The predicted octanol–water partition coefficient (Wildman–Crippen LogP) is 7.00. The van der Waals surface area contributed by atoms with Crippen molar-refractivity contribution in [3.8, 4) is 16.6 Å². The molecule has 2 fully saturated rings. The van der Waals surface area contributed by atoms with Crippen LogP contribution in [0.2, 0.25) is 0 Å². The lowest BCUT2D eigenvalue weighted by atomic mass is 9.86. The van der Waals surface area contributed by atoms with Crippen molar-refractivity contribution in [2.75, 3.05) is 12.3 Å². The number of aryl methyl sites for hydroxylation is 1. The Morgan fingerprint density at radius 2 is 1.79 bits per heavy atom. The van der Waals surface area contributed by atoms with Gasteiger partial charge in [0.25, 0.3) is 11.9 Å². The molecule has 5 atom stereocenters. The maximum atomic E-state index is 14.4. The van der Waals surface area contributed by atoms with Gasteiger partial charge in [-0.05, 0) is 80.7 Å². The molecule has 57 heavy (non-hydrogen) atoms. The summed E-state index contributed by atoms with van der Waals surface area (Å²) in [5, 5.41) is 3.84. The number of thiazole rings is 1. The van der Waals surface area contributed by atoms with Crippen LogP contribution in [0.5, 0.6) is 6.01 Å². The number of carbonyl (C=O) groups is 3. The van der Waals surface area contributed by atoms with E-state index in [-0.39, 0.29) is 42.5 Å². The first-order chi connectivity index (χ1) is 26.9. The van der Waals surface area contributed by atoms with Crippen LogP contribution in [0.25, 0.3) is 21.6 Å². The number of carbonyl (C=O) groups excluding carboxylic acids is 3. The Hall–Kier alpha value is -3.27. The smallest absolute Gasteiger partial charge is 0.297 e. The number of sulfonamides is 1. The highest BCUT2D eigenvalue weighted by atomic mass is 35.5. The standard InChI is InChI=1S/C41H60ClN7O6S2/c1-9-26-22-41(26)38(52)47-57(53,54)20-15-13-11-10-12-14-19-31-32(24(2)3)43-36(56-31)28-17-16-18-29-33(28)44-39(49(29)25(4)5)55-27-21-30(35(50)45-41)48(23-27)37(51)34(46-42)40(6,7)8/h16-18,24-27,30,34,46H,9-15,19-23H2,1-8H3,(H,45,50)(H,47,52)/t26-,27-,30+,34-,41-/m1/s1. The van der Waals surface area contributed by atoms with Crippen LogP contribution < -0.4 is 19.6 Å². The molecule has 1 saturated heterocycles. The average molecular weight is 847 g/mol. The highest BCUT2D eigenvalue weighted by molar-refractivity contribution is 7.90. The number of para-hydroxylation sites is 1. The van der Waals surface area contributed by atoms with Crippen molar-refractivity contribution in [2.45, 2.75) is 155 Å². The van der Waals surface area contributed by atoms with Gasteiger partial charge in [-0.1, -0.05) is 79.7 Å². The van der Waals surface area contributed by atoms with Gasteiger partial charge in [-0.15, -0.1) is 11.3 Å². The SMILES string of the molecule is CC[C@@H]1C[C@@]12NC(=O)[C@@H]1C[C@H](CN1C(=O)[C@@H](NCl)C(C)(C)C)Oc1nc3c(cccc3n1C(C)C)-c1nc(C(C)C)c(s1)CCCCCCCCS(=O)(=O)NC2=O. The fourth-order valence-corrected chi connectivity index (χ4v) is 11.3. The Morgan fingerprint density at radius 1 is 1.09 bits per heavy atom. The normalized spacial score (nSPS) is 25.6. The van der Waals surface area contributed by atoms with E-state index in [0.717, 1.165) is 65.8 Å². The first-order valence-corrected chi connectivity index (χ1v) is 23.5. The number of likely N-dealkylation sites (tertiary alicyclic amines) is 1. The van der Waals surface area contributed by atoms with Crippen LogP contribution in [-0.4, -0.2) is 81.6 Å². The number of aromatic nitrogens is 3. The summed E-state index contributed by atoms with van der Waals surface area (Å²) in [4.78, 5) is 58.1. The molecule has 2 aliphatic heterocycles. The van der Waals surface area contributed by atoms with E-state index in [1.54, 1.807) is 11.3 Å². The second-order valence-electron chi connectivity index (χ2n) is 17.8. The molecule has 1 aromatic carbocycles. The van der Waals surface area contributed by atoms with Crippen LogP contribution in [0.15, 0.2) is 18.2 Å². The van der Waals surface area contributed by atoms with Gasteiger partial charge in [-0.25, -0.2) is 18.2 Å². The number of amides is 3. The minimum Gasteiger partial charge on any atom is -0.459 e. The molecule has 3 amide bonds. The van der Waals surface area contributed by atoms with Crippen LogP contribution in [0, 0.1) is 11.3 Å². The van der Waals surface area contributed by atoms with E-state index in [4.69, 9.17) is 26.5 Å². The summed E-state index contributed by atoms with van der Waals surface area (Å²) in [6.07, 6.45) is 6.31. The molecular weight excluding hydrogens is 786 g/mol. The van der Waals surface area contributed by atoms with Gasteiger partial charge in [0.1, 0.15) is 34.3 Å². The molecule has 1 spiro atoms. The Labute approximate surface area is 346 Å². The molecule has 0 radical (unpaired) electrons. The zero-order chi connectivity index (χ0) is 41.4. The van der Waals surface area contributed by atoms with Crippen LogP contribution in [0.1, 0.15) is 136 Å². The minimum atomic E-state index is -3.94. The predicted molar refractivity (Wildman–Crippen MR) is 225 cm³/mol. The summed E-state index contributed by atoms with van der Waals surface area (Å²) < 4.78 is 37.4. The van der Waals surface area contributed by atoms with Gasteiger partial charge in [-0.2, -0.15) is 4.98 Å². The molecule has 314 valence electrons. The molecule has 4 heterocycles. The van der Waals surface area contributed by atoms with E-state index in [1.165, 1.54) is 9.78 Å². The number of nitrogens with zero attached hydrogens (tertiary/aromatic N) is 4. The molecule has 1 aliphatic carbocycles. The molecule has 3 N–H and O–H groups in total. The number of imidazole rings is 1. The number of fused-ring (bicyclic) bond motifs is 6. The summed E-state index contributed by atoms with van der Waals surface area (Å²) in [6.45, 7) is 16.1. The molecule has 0 unspecified atom stereocenters. The first kappa shape index (κ1) is 43.3. The van der Waals surface area contributed by atoms with E-state index < -0.39 is 51.0 Å². The molecule has 6 bridgehead atoms. The van der Waals surface area contributed by atoms with E-state index in [2.05, 4.69) is 48.6 Å². The Balaban J connectivity index is 1.41. The third-order valence-electron chi connectivity index (χ3n) is 11.7. The summed E-state index contributed by atoms with van der Waals surface area (Å²) >= 11 is 7.89. The van der Waals surface area contributed by atoms with Crippen molar-refractivity contribution in [1.29, 1.82) is 0 Å². The number of nitrogens with one attached hydrogen (secondary N) is 3. The second-order valence-corrected chi connectivity index (χ2v) is 20.9. The Kier molecular flexibility index (Phi) is 13.0. The molecule has 1 saturated carbocycles. The monoisotopic (exact) mass is 845 g/mol. The van der Waals surface area contributed by atoms with Crippen LogP contribution in [-0.2, 0) is 30.8 Å². The number of rotatable bonds is 5. The van der Waals surface area contributed by atoms with Gasteiger partial charge in [0.05, 0.1) is 23.5 Å². The number of hydrogen-bond donors (Lipinski definition) is 3. The fourth-order valence-electron chi connectivity index (χ4n) is 8.41. The third-order valence-corrected chi connectivity index (χ3v) is 14.4. The van der Waals surface area contributed by atoms with Crippen molar-refractivity contribution in [3.05, 3.63) is 28.8 Å². The van der Waals surface area contributed by atoms with E-state index in [1.807, 2.05) is 44.4 Å². The lowest BCUT2D eigenvalue weighted by Crippen LogP contribution is -2.58.